The molecule has 2 aromatic rings. The third kappa shape index (κ3) is 9.06. The van der Waals surface area contributed by atoms with Gasteiger partial charge in [-0.2, -0.15) is 5.10 Å². The summed E-state index contributed by atoms with van der Waals surface area (Å²) in [6.45, 7) is 2.60. The van der Waals surface area contributed by atoms with Gasteiger partial charge in [-0.25, -0.2) is 5.84 Å². The van der Waals surface area contributed by atoms with E-state index in [0.717, 1.165) is 29.4 Å². The van der Waals surface area contributed by atoms with Gasteiger partial charge in [0.2, 0.25) is 11.8 Å². The number of hydrazine groups is 1. The largest absolute Gasteiger partial charge is 0.345 e. The molecule has 0 spiro atoms. The zero-order valence-corrected chi connectivity index (χ0v) is 21.0. The van der Waals surface area contributed by atoms with Crippen molar-refractivity contribution in [1.82, 2.24) is 10.3 Å². The van der Waals surface area contributed by atoms with Crippen molar-refractivity contribution in [3.63, 3.8) is 0 Å². The van der Waals surface area contributed by atoms with Gasteiger partial charge in [0, 0.05) is 31.3 Å². The zero-order chi connectivity index (χ0) is 25.6. The molecule has 1 atom stereocenters. The van der Waals surface area contributed by atoms with Gasteiger partial charge in [-0.15, -0.1) is 0 Å². The van der Waals surface area contributed by atoms with Gasteiger partial charge in [-0.05, 0) is 61.1 Å². The highest BCUT2D eigenvalue weighted by Crippen LogP contribution is 2.18. The Morgan fingerprint density at radius 1 is 1.09 bits per heavy atom. The molecular formula is C25H34N6O3S. The van der Waals surface area contributed by atoms with E-state index in [9.17, 15) is 14.4 Å². The minimum atomic E-state index is -0.462. The molecule has 0 bridgehead atoms. The normalized spacial score (nSPS) is 12.0. The summed E-state index contributed by atoms with van der Waals surface area (Å²) in [7, 11) is 1.73. The van der Waals surface area contributed by atoms with Gasteiger partial charge in [0.15, 0.2) is 11.5 Å². The number of unbranched alkanes of at least 4 members (excludes halogenated alkanes) is 1. The lowest BCUT2D eigenvalue weighted by Crippen LogP contribution is -2.36. The average Bonchev–Trinajstić information content (AvgIpc) is 2.88. The van der Waals surface area contributed by atoms with Gasteiger partial charge in [0.05, 0.1) is 5.25 Å². The van der Waals surface area contributed by atoms with E-state index in [1.807, 2.05) is 12.1 Å². The Labute approximate surface area is 210 Å². The van der Waals surface area contributed by atoms with Crippen LogP contribution in [0.5, 0.6) is 0 Å². The topological polar surface area (TPSA) is 143 Å². The van der Waals surface area contributed by atoms with Crippen LogP contribution in [0, 0.1) is 0 Å². The van der Waals surface area contributed by atoms with Crippen LogP contribution in [0.4, 0.5) is 5.69 Å². The van der Waals surface area contributed by atoms with Crippen LogP contribution in [0.2, 0.25) is 0 Å². The molecule has 2 aromatic carbocycles. The molecule has 2 amide bonds. The number of carbonyl (C=O) groups is 3. The second-order valence-electron chi connectivity index (χ2n) is 8.06. The molecule has 0 aliphatic rings. The van der Waals surface area contributed by atoms with Crippen LogP contribution in [0.3, 0.4) is 0 Å². The smallest absolute Gasteiger partial charge is 0.236 e. The first-order chi connectivity index (χ1) is 16.9. The van der Waals surface area contributed by atoms with E-state index in [1.54, 1.807) is 36.2 Å². The highest BCUT2D eigenvalue weighted by atomic mass is 32.2. The number of benzene rings is 2. The first-order valence-electron chi connectivity index (χ1n) is 11.5. The quantitative estimate of drug-likeness (QED) is 0.0829. The van der Waals surface area contributed by atoms with Crippen molar-refractivity contribution in [1.29, 1.82) is 0 Å². The minimum absolute atomic E-state index is 0.0847. The Kier molecular flexibility index (Phi) is 11.8. The van der Waals surface area contributed by atoms with Gasteiger partial charge >= 0.3 is 0 Å². The number of amidine groups is 1. The molecule has 35 heavy (non-hydrogen) atoms. The Morgan fingerprint density at radius 3 is 2.31 bits per heavy atom. The van der Waals surface area contributed by atoms with Crippen molar-refractivity contribution >= 4 is 40.7 Å². The number of hydrogen-bond donors (Lipinski definition) is 4. The maximum atomic E-state index is 12.9. The van der Waals surface area contributed by atoms with Gasteiger partial charge < -0.3 is 21.5 Å². The lowest BCUT2D eigenvalue weighted by Gasteiger charge is -2.22. The molecule has 0 aliphatic carbocycles. The highest BCUT2D eigenvalue weighted by Gasteiger charge is 2.23. The third-order valence-electron chi connectivity index (χ3n) is 5.58. The average molecular weight is 499 g/mol. The zero-order valence-electron chi connectivity index (χ0n) is 20.2. The number of carbonyl (C=O) groups excluding carboxylic acids is 3. The molecule has 0 heterocycles. The van der Waals surface area contributed by atoms with E-state index in [2.05, 4.69) is 34.9 Å². The number of nitrogens with zero attached hydrogens (tertiary/aromatic N) is 2. The molecule has 0 aliphatic heterocycles. The molecule has 1 unspecified atom stereocenters. The van der Waals surface area contributed by atoms with Crippen molar-refractivity contribution in [3.8, 4) is 0 Å². The number of nitrogens with two attached hydrogens (primary N) is 2. The maximum absolute atomic E-state index is 12.9. The Hall–Kier alpha value is -3.37. The SMILES string of the molecule is CCc1ccc(CC(SC=O)C(=O)N(C)CCCCC(=O)Nc2ccc(/C(=N/N)NN)cc2)cc1. The van der Waals surface area contributed by atoms with Crippen molar-refractivity contribution in [2.75, 3.05) is 18.9 Å². The molecular weight excluding hydrogens is 464 g/mol. The molecule has 6 N–H and O–H groups in total. The van der Waals surface area contributed by atoms with Gasteiger partial charge in [0.25, 0.3) is 0 Å². The van der Waals surface area contributed by atoms with Gasteiger partial charge in [-0.3, -0.25) is 14.4 Å². The summed E-state index contributed by atoms with van der Waals surface area (Å²) in [5, 5.41) is 5.92. The van der Waals surface area contributed by atoms with E-state index < -0.39 is 5.25 Å². The molecule has 9 nitrogen and oxygen atoms in total. The number of amides is 2. The summed E-state index contributed by atoms with van der Waals surface area (Å²) in [6, 6.07) is 15.1. The van der Waals surface area contributed by atoms with Crippen LogP contribution in [0.15, 0.2) is 53.6 Å². The van der Waals surface area contributed by atoms with Crippen LogP contribution < -0.4 is 22.4 Å². The van der Waals surface area contributed by atoms with E-state index in [4.69, 9.17) is 11.7 Å². The van der Waals surface area contributed by atoms with Crippen LogP contribution in [-0.2, 0) is 27.2 Å². The molecule has 0 radical (unpaired) electrons. The lowest BCUT2D eigenvalue weighted by molar-refractivity contribution is -0.129. The number of anilines is 1. The van der Waals surface area contributed by atoms with Crippen LogP contribution in [-0.4, -0.2) is 47.0 Å². The summed E-state index contributed by atoms with van der Waals surface area (Å²) >= 11 is 1.01. The molecule has 0 saturated carbocycles. The fourth-order valence-corrected chi connectivity index (χ4v) is 4.23. The fraction of sp³-hybridized carbons (Fsp3) is 0.360. The number of hydrogen-bond acceptors (Lipinski definition) is 7. The van der Waals surface area contributed by atoms with Crippen molar-refractivity contribution in [2.45, 2.75) is 44.3 Å². The molecule has 0 fully saturated rings. The number of hydrazone groups is 1. The summed E-state index contributed by atoms with van der Waals surface area (Å²) in [6.07, 6.45) is 3.09. The highest BCUT2D eigenvalue weighted by molar-refractivity contribution is 8.13. The maximum Gasteiger partial charge on any atom is 0.236 e. The lowest BCUT2D eigenvalue weighted by atomic mass is 10.1. The number of rotatable bonds is 13. The Bertz CT molecular complexity index is 995. The Balaban J connectivity index is 1.77. The summed E-state index contributed by atoms with van der Waals surface area (Å²) < 4.78 is 0. The van der Waals surface area contributed by atoms with E-state index in [0.29, 0.717) is 49.3 Å². The fourth-order valence-electron chi connectivity index (χ4n) is 3.51. The molecule has 0 aromatic heterocycles. The molecule has 2 rings (SSSR count). The van der Waals surface area contributed by atoms with Crippen molar-refractivity contribution < 1.29 is 14.4 Å². The monoisotopic (exact) mass is 498 g/mol. The first kappa shape index (κ1) is 27.9. The van der Waals surface area contributed by atoms with E-state index in [-0.39, 0.29) is 11.8 Å². The molecule has 0 saturated heterocycles. The molecule has 10 heteroatoms. The van der Waals surface area contributed by atoms with E-state index in [1.165, 1.54) is 5.56 Å². The van der Waals surface area contributed by atoms with Gasteiger partial charge in [-0.1, -0.05) is 43.0 Å². The van der Waals surface area contributed by atoms with Crippen LogP contribution >= 0.6 is 11.8 Å². The Morgan fingerprint density at radius 2 is 1.74 bits per heavy atom. The summed E-state index contributed by atoms with van der Waals surface area (Å²) in [4.78, 5) is 37.9. The standard InChI is InChI=1S/C25H34N6O3S/c1-3-18-7-9-19(10-8-18)16-22(35-17-32)25(34)31(2)15-5-4-6-23(33)28-21-13-11-20(12-14-21)24(29-26)30-27/h7-14,17,22H,3-6,15-16,26-27H2,1-2H3,(H,28,33)(H,29,30). The minimum Gasteiger partial charge on any atom is -0.345 e. The molecule has 188 valence electrons. The third-order valence-corrected chi connectivity index (χ3v) is 6.39. The number of nitrogens with one attached hydrogen (secondary N) is 2. The van der Waals surface area contributed by atoms with E-state index >= 15 is 0 Å². The number of thioether (sulfide) groups is 1. The summed E-state index contributed by atoms with van der Waals surface area (Å²) in [5.74, 6) is 10.7. The van der Waals surface area contributed by atoms with Crippen molar-refractivity contribution in [3.05, 3.63) is 65.2 Å². The second-order valence-corrected chi connectivity index (χ2v) is 9.09. The van der Waals surface area contributed by atoms with Crippen LogP contribution in [0.1, 0.15) is 42.9 Å². The van der Waals surface area contributed by atoms with Crippen LogP contribution in [0.25, 0.3) is 0 Å². The predicted molar refractivity (Wildman–Crippen MR) is 142 cm³/mol. The summed E-state index contributed by atoms with van der Waals surface area (Å²) in [5.41, 5.74) is 6.74. The second kappa shape index (κ2) is 14.8. The first-order valence-corrected chi connectivity index (χ1v) is 12.4. The van der Waals surface area contributed by atoms with Gasteiger partial charge in [0.1, 0.15) is 0 Å². The predicted octanol–water partition coefficient (Wildman–Crippen LogP) is 2.43. The van der Waals surface area contributed by atoms with Crippen molar-refractivity contribution in [2.24, 2.45) is 16.8 Å². The number of aryl methyl sites for hydroxylation is 1.